The molecule has 16 nitrogen and oxygen atoms in total. The van der Waals surface area contributed by atoms with Crippen LogP contribution in [0.4, 0.5) is 10.7 Å². The number of alkyl carbamates (subject to hydrolysis) is 1. The van der Waals surface area contributed by atoms with Crippen LogP contribution in [0.3, 0.4) is 0 Å². The van der Waals surface area contributed by atoms with E-state index < -0.39 is 74.1 Å². The van der Waals surface area contributed by atoms with Crippen LogP contribution in [0.15, 0.2) is 24.9 Å². The van der Waals surface area contributed by atoms with Crippen molar-refractivity contribution in [2.45, 2.75) is 75.4 Å². The minimum Gasteiger partial charge on any atom is -0.472 e. The molecule has 2 aliphatic heterocycles. The lowest BCUT2D eigenvalue weighted by molar-refractivity contribution is -0.142. The number of nitrogens with zero attached hydrogens (tertiary/aromatic N) is 4. The first kappa shape index (κ1) is 34.3. The van der Waals surface area contributed by atoms with Crippen molar-refractivity contribution in [3.8, 4) is 5.88 Å². The highest BCUT2D eigenvalue weighted by Crippen LogP contribution is 2.45. The number of sulfonamides is 1. The van der Waals surface area contributed by atoms with Crippen LogP contribution < -0.4 is 25.0 Å². The van der Waals surface area contributed by atoms with Crippen LogP contribution in [0.25, 0.3) is 0 Å². The normalized spacial score (nSPS) is 26.5. The van der Waals surface area contributed by atoms with Crippen LogP contribution in [0, 0.1) is 11.3 Å². The number of nitrogens with one attached hydrogen (secondary N) is 3. The summed E-state index contributed by atoms with van der Waals surface area (Å²) in [7, 11) is -2.70. The van der Waals surface area contributed by atoms with Gasteiger partial charge in [0.15, 0.2) is 0 Å². The first-order valence-electron chi connectivity index (χ1n) is 15.7. The summed E-state index contributed by atoms with van der Waals surface area (Å²) in [6.07, 6.45) is 2.63. The first-order chi connectivity index (χ1) is 22.2. The molecule has 2 saturated carbocycles. The highest BCUT2D eigenvalue weighted by atomic mass is 32.2. The number of carbonyl (C=O) groups is 4. The molecule has 4 amide bonds. The Balaban J connectivity index is 1.39. The lowest BCUT2D eigenvalue weighted by Gasteiger charge is -2.35. The van der Waals surface area contributed by atoms with Crippen LogP contribution in [-0.4, -0.2) is 116 Å². The number of hydrogen-bond acceptors (Lipinski definition) is 12. The number of rotatable bonds is 11. The van der Waals surface area contributed by atoms with Crippen LogP contribution in [0.5, 0.6) is 5.88 Å². The molecule has 5 atom stereocenters. The Bertz CT molecular complexity index is 1510. The van der Waals surface area contributed by atoms with Gasteiger partial charge in [-0.05, 0) is 24.7 Å². The molecule has 3 heterocycles. The first-order valence-corrected chi connectivity index (χ1v) is 17.2. The SMILES string of the molecule is C=C[C@@H]1C[C@]1(NC(=O)[C@@H]1C[C@@H](Oc2ccnc(N3CCOCC3)n2)CN1C(=O)[C@@H](NC(=O)OC)C(C)(C)C)C(=O)NS(=O)(=O)C1CC1. The molecular weight excluding hydrogens is 634 g/mol. The van der Waals surface area contributed by atoms with E-state index in [1.165, 1.54) is 18.1 Å². The lowest BCUT2D eigenvalue weighted by Crippen LogP contribution is -2.60. The second-order valence-corrected chi connectivity index (χ2v) is 15.4. The Kier molecular flexibility index (Phi) is 9.69. The maximum atomic E-state index is 14.1. The third-order valence-corrected chi connectivity index (χ3v) is 10.7. The summed E-state index contributed by atoms with van der Waals surface area (Å²) in [4.78, 5) is 65.9. The van der Waals surface area contributed by atoms with E-state index in [0.29, 0.717) is 45.1 Å². The summed E-state index contributed by atoms with van der Waals surface area (Å²) in [5, 5.41) is 4.70. The Labute approximate surface area is 274 Å². The average Bonchev–Trinajstić information content (AvgIpc) is 3.96. The monoisotopic (exact) mass is 677 g/mol. The number of methoxy groups -OCH3 is 1. The fourth-order valence-corrected chi connectivity index (χ4v) is 7.23. The maximum absolute atomic E-state index is 14.1. The van der Waals surface area contributed by atoms with Crippen molar-refractivity contribution in [1.82, 2.24) is 30.2 Å². The van der Waals surface area contributed by atoms with Crippen molar-refractivity contribution < 1.29 is 41.8 Å². The Morgan fingerprint density at radius 2 is 1.89 bits per heavy atom. The van der Waals surface area contributed by atoms with Gasteiger partial charge in [0.25, 0.3) is 5.91 Å². The third kappa shape index (κ3) is 7.61. The van der Waals surface area contributed by atoms with Crippen LogP contribution >= 0.6 is 0 Å². The molecule has 17 heteroatoms. The Morgan fingerprint density at radius 3 is 2.49 bits per heavy atom. The van der Waals surface area contributed by atoms with Gasteiger partial charge in [0.05, 0.1) is 32.1 Å². The molecule has 0 aromatic carbocycles. The number of hydrogen-bond donors (Lipinski definition) is 3. The topological polar surface area (TPSA) is 198 Å². The van der Waals surface area contributed by atoms with Crippen LogP contribution in [-0.2, 0) is 33.9 Å². The number of likely N-dealkylation sites (tertiary alicyclic amines) is 1. The average molecular weight is 678 g/mol. The highest BCUT2D eigenvalue weighted by molar-refractivity contribution is 7.91. The van der Waals surface area contributed by atoms with E-state index in [0.717, 1.165) is 0 Å². The van der Waals surface area contributed by atoms with E-state index in [-0.39, 0.29) is 25.3 Å². The van der Waals surface area contributed by atoms with E-state index in [1.54, 1.807) is 33.0 Å². The van der Waals surface area contributed by atoms with Gasteiger partial charge < -0.3 is 34.6 Å². The predicted molar refractivity (Wildman–Crippen MR) is 168 cm³/mol. The molecule has 47 heavy (non-hydrogen) atoms. The molecule has 0 unspecified atom stereocenters. The zero-order valence-electron chi connectivity index (χ0n) is 27.1. The van der Waals surface area contributed by atoms with Gasteiger partial charge in [-0.15, -0.1) is 6.58 Å². The van der Waals surface area contributed by atoms with E-state index in [4.69, 9.17) is 14.2 Å². The largest absolute Gasteiger partial charge is 0.472 e. The van der Waals surface area contributed by atoms with Crippen molar-refractivity contribution in [2.75, 3.05) is 44.9 Å². The highest BCUT2D eigenvalue weighted by Gasteiger charge is 2.62. The smallest absolute Gasteiger partial charge is 0.407 e. The van der Waals surface area contributed by atoms with Gasteiger partial charge in [0.2, 0.25) is 33.7 Å². The molecule has 0 bridgehead atoms. The maximum Gasteiger partial charge on any atom is 0.407 e. The van der Waals surface area contributed by atoms with Gasteiger partial charge >= 0.3 is 6.09 Å². The fourth-order valence-electron chi connectivity index (χ4n) is 5.87. The molecular formula is C30H43N7O9S. The molecule has 4 aliphatic rings. The molecule has 1 aromatic rings. The van der Waals surface area contributed by atoms with E-state index in [9.17, 15) is 27.6 Å². The summed E-state index contributed by atoms with van der Waals surface area (Å²) >= 11 is 0. The van der Waals surface area contributed by atoms with Gasteiger partial charge in [0, 0.05) is 37.7 Å². The number of anilines is 1. The Hall–Kier alpha value is -3.99. The van der Waals surface area contributed by atoms with Crippen molar-refractivity contribution in [3.63, 3.8) is 0 Å². The van der Waals surface area contributed by atoms with Gasteiger partial charge in [0.1, 0.15) is 23.7 Å². The van der Waals surface area contributed by atoms with Gasteiger partial charge in [-0.3, -0.25) is 19.1 Å². The molecule has 258 valence electrons. The summed E-state index contributed by atoms with van der Waals surface area (Å²) in [6.45, 7) is 11.3. The zero-order valence-corrected chi connectivity index (χ0v) is 27.9. The number of carbonyl (C=O) groups excluding carboxylic acids is 4. The fraction of sp³-hybridized carbons (Fsp3) is 0.667. The van der Waals surface area contributed by atoms with Crippen molar-refractivity contribution >= 4 is 39.8 Å². The molecule has 5 rings (SSSR count). The van der Waals surface area contributed by atoms with Crippen LogP contribution in [0.1, 0.15) is 46.5 Å². The van der Waals surface area contributed by atoms with Crippen molar-refractivity contribution in [1.29, 1.82) is 0 Å². The second kappa shape index (κ2) is 13.3. The third-order valence-electron chi connectivity index (χ3n) is 8.86. The molecule has 4 fully saturated rings. The molecule has 3 N–H and O–H groups in total. The van der Waals surface area contributed by atoms with E-state index >= 15 is 0 Å². The van der Waals surface area contributed by atoms with Gasteiger partial charge in [-0.2, -0.15) is 4.98 Å². The molecule has 2 aliphatic carbocycles. The zero-order chi connectivity index (χ0) is 34.1. The standard InChI is InChI=1S/C30H43N7O9S/c1-6-18-16-30(18,26(40)35-47(42,43)20-7-8-20)34-24(38)21-15-19(17-37(21)25(39)23(29(2,3)4)33-28(41)44-5)46-22-9-10-31-27(32-22)36-11-13-45-14-12-36/h6,9-10,18-21,23H,1,7-8,11-17H2,2-5H3,(H,33,41)(H,34,38)(H,35,40)/t18-,19-,21+,23-,30-/m1/s1. The van der Waals surface area contributed by atoms with E-state index in [2.05, 4.69) is 31.9 Å². The molecule has 2 saturated heterocycles. The summed E-state index contributed by atoms with van der Waals surface area (Å²) in [6, 6.07) is -0.634. The summed E-state index contributed by atoms with van der Waals surface area (Å²) in [5.74, 6) is -1.88. The predicted octanol–water partition coefficient (Wildman–Crippen LogP) is 0.102. The van der Waals surface area contributed by atoms with Gasteiger partial charge in [-0.25, -0.2) is 18.2 Å². The van der Waals surface area contributed by atoms with Gasteiger partial charge in [-0.1, -0.05) is 26.8 Å². The quantitative estimate of drug-likeness (QED) is 0.268. The molecule has 1 aromatic heterocycles. The lowest BCUT2D eigenvalue weighted by atomic mass is 9.85. The van der Waals surface area contributed by atoms with Crippen molar-refractivity contribution in [2.24, 2.45) is 11.3 Å². The molecule has 0 radical (unpaired) electrons. The molecule has 0 spiro atoms. The van der Waals surface area contributed by atoms with Crippen LogP contribution in [0.2, 0.25) is 0 Å². The minimum atomic E-state index is -3.88. The summed E-state index contributed by atoms with van der Waals surface area (Å²) < 4.78 is 43.6. The summed E-state index contributed by atoms with van der Waals surface area (Å²) in [5.41, 5.74) is -2.32. The minimum absolute atomic E-state index is 0.0282. The second-order valence-electron chi connectivity index (χ2n) is 13.4. The Morgan fingerprint density at radius 1 is 1.19 bits per heavy atom. The van der Waals surface area contributed by atoms with E-state index in [1.807, 2.05) is 4.90 Å². The number of amides is 4. The number of aromatic nitrogens is 2. The number of morpholine rings is 1. The van der Waals surface area contributed by atoms with Crippen molar-refractivity contribution in [3.05, 3.63) is 24.9 Å². The number of ether oxygens (including phenoxy) is 3.